The van der Waals surface area contributed by atoms with E-state index in [4.69, 9.17) is 10.5 Å². The Bertz CT molecular complexity index is 901. The van der Waals surface area contributed by atoms with E-state index in [1.807, 2.05) is 19.9 Å². The minimum atomic E-state index is -2.12. The molecule has 1 aromatic rings. The zero-order chi connectivity index (χ0) is 18.1. The first-order valence-electron chi connectivity index (χ1n) is 8.15. The van der Waals surface area contributed by atoms with Crippen LogP contribution in [0.25, 0.3) is 0 Å². The monoisotopic (exact) mass is 342 g/mol. The van der Waals surface area contributed by atoms with Crippen LogP contribution in [-0.2, 0) is 10.3 Å². The van der Waals surface area contributed by atoms with Crippen molar-refractivity contribution in [1.82, 2.24) is 0 Å². The SMILES string of the molecule is CC(C)c1ccc2c(c1)OC1(O)C3=C(CC21N)C(=O)CC=C3[N+](=O)[O-]. The smallest absolute Gasteiger partial charge is 0.276 e. The van der Waals surface area contributed by atoms with Gasteiger partial charge in [-0.3, -0.25) is 14.9 Å². The predicted octanol–water partition coefficient (Wildman–Crippen LogP) is 1.88. The zero-order valence-electron chi connectivity index (χ0n) is 13.9. The lowest BCUT2D eigenvalue weighted by Gasteiger charge is -2.32. The maximum atomic E-state index is 12.3. The van der Waals surface area contributed by atoms with Gasteiger partial charge in [0.2, 0.25) is 0 Å². The number of Topliss-reactive ketones (excluding diaryl/α,β-unsaturated/α-hetero) is 1. The molecule has 1 aromatic carbocycles. The van der Waals surface area contributed by atoms with Crippen molar-refractivity contribution < 1.29 is 19.6 Å². The lowest BCUT2D eigenvalue weighted by Crippen LogP contribution is -2.56. The van der Waals surface area contributed by atoms with Crippen LogP contribution in [0.2, 0.25) is 0 Å². The van der Waals surface area contributed by atoms with Crippen molar-refractivity contribution in [3.63, 3.8) is 0 Å². The predicted molar refractivity (Wildman–Crippen MR) is 88.3 cm³/mol. The number of nitrogens with two attached hydrogens (primary N) is 1. The van der Waals surface area contributed by atoms with Crippen LogP contribution in [0.4, 0.5) is 0 Å². The van der Waals surface area contributed by atoms with Gasteiger partial charge in [0, 0.05) is 30.1 Å². The van der Waals surface area contributed by atoms with Crippen molar-refractivity contribution in [2.75, 3.05) is 0 Å². The Morgan fingerprint density at radius 3 is 2.76 bits per heavy atom. The molecule has 0 aromatic heterocycles. The van der Waals surface area contributed by atoms with Crippen LogP contribution in [0.3, 0.4) is 0 Å². The molecule has 130 valence electrons. The van der Waals surface area contributed by atoms with Gasteiger partial charge in [0.05, 0.1) is 4.92 Å². The Morgan fingerprint density at radius 2 is 2.12 bits per heavy atom. The zero-order valence-corrected chi connectivity index (χ0v) is 13.9. The number of benzene rings is 1. The number of hydrogen-bond donors (Lipinski definition) is 2. The summed E-state index contributed by atoms with van der Waals surface area (Å²) < 4.78 is 5.79. The van der Waals surface area contributed by atoms with Crippen LogP contribution in [0.5, 0.6) is 5.75 Å². The van der Waals surface area contributed by atoms with E-state index in [1.165, 1.54) is 6.08 Å². The molecule has 0 amide bonds. The average Bonchev–Trinajstić information content (AvgIpc) is 2.90. The summed E-state index contributed by atoms with van der Waals surface area (Å²) in [6.07, 6.45) is 1.16. The van der Waals surface area contributed by atoms with Crippen LogP contribution in [0.15, 0.2) is 41.1 Å². The summed E-state index contributed by atoms with van der Waals surface area (Å²) in [6.45, 7) is 4.05. The average molecular weight is 342 g/mol. The summed E-state index contributed by atoms with van der Waals surface area (Å²) in [7, 11) is 0. The largest absolute Gasteiger partial charge is 0.455 e. The van der Waals surface area contributed by atoms with Crippen LogP contribution < -0.4 is 10.5 Å². The second-order valence-corrected chi connectivity index (χ2v) is 7.13. The Labute approximate surface area is 143 Å². The summed E-state index contributed by atoms with van der Waals surface area (Å²) in [5.41, 5.74) is 6.44. The molecule has 3 aliphatic rings. The molecule has 0 spiro atoms. The topological polar surface area (TPSA) is 116 Å². The minimum Gasteiger partial charge on any atom is -0.455 e. The number of fused-ring (bicyclic) bond motifs is 4. The molecule has 3 N–H and O–H groups in total. The van der Waals surface area contributed by atoms with Gasteiger partial charge in [-0.1, -0.05) is 26.0 Å². The summed E-state index contributed by atoms with van der Waals surface area (Å²) in [5.74, 6) is -1.73. The van der Waals surface area contributed by atoms with E-state index >= 15 is 0 Å². The van der Waals surface area contributed by atoms with E-state index in [2.05, 4.69) is 0 Å². The number of carbonyl (C=O) groups is 1. The molecular weight excluding hydrogens is 324 g/mol. The van der Waals surface area contributed by atoms with E-state index in [0.29, 0.717) is 11.3 Å². The maximum Gasteiger partial charge on any atom is 0.276 e. The highest BCUT2D eigenvalue weighted by atomic mass is 16.6. The molecule has 2 atom stereocenters. The highest BCUT2D eigenvalue weighted by molar-refractivity contribution is 6.01. The Hall–Kier alpha value is -2.51. The number of aliphatic hydroxyl groups is 1. The van der Waals surface area contributed by atoms with Gasteiger partial charge in [-0.25, -0.2) is 0 Å². The maximum absolute atomic E-state index is 12.3. The minimum absolute atomic E-state index is 0.0108. The Kier molecular flexibility index (Phi) is 3.05. The summed E-state index contributed by atoms with van der Waals surface area (Å²) in [4.78, 5) is 23.1. The van der Waals surface area contributed by atoms with E-state index < -0.39 is 16.2 Å². The van der Waals surface area contributed by atoms with Crippen molar-refractivity contribution in [3.05, 3.63) is 62.4 Å². The molecule has 2 aliphatic carbocycles. The molecule has 7 nitrogen and oxygen atoms in total. The lowest BCUT2D eigenvalue weighted by atomic mass is 9.83. The third-order valence-electron chi connectivity index (χ3n) is 5.38. The molecule has 1 aliphatic heterocycles. The molecule has 0 saturated heterocycles. The van der Waals surface area contributed by atoms with Gasteiger partial charge in [-0.15, -0.1) is 0 Å². The molecule has 25 heavy (non-hydrogen) atoms. The van der Waals surface area contributed by atoms with Gasteiger partial charge in [-0.05, 0) is 17.5 Å². The van der Waals surface area contributed by atoms with Gasteiger partial charge in [0.25, 0.3) is 11.5 Å². The van der Waals surface area contributed by atoms with Gasteiger partial charge in [0.15, 0.2) is 5.78 Å². The summed E-state index contributed by atoms with van der Waals surface area (Å²) >= 11 is 0. The first kappa shape index (κ1) is 16.0. The Morgan fingerprint density at radius 1 is 1.40 bits per heavy atom. The number of rotatable bonds is 2. The molecule has 0 saturated carbocycles. The number of allylic oxidation sites excluding steroid dienone is 1. The number of nitro groups is 1. The van der Waals surface area contributed by atoms with Gasteiger partial charge < -0.3 is 15.6 Å². The molecule has 7 heteroatoms. The van der Waals surface area contributed by atoms with Crippen LogP contribution >= 0.6 is 0 Å². The van der Waals surface area contributed by atoms with Crippen molar-refractivity contribution in [1.29, 1.82) is 0 Å². The lowest BCUT2D eigenvalue weighted by molar-refractivity contribution is -0.424. The van der Waals surface area contributed by atoms with Crippen molar-refractivity contribution >= 4 is 5.78 Å². The molecule has 0 bridgehead atoms. The van der Waals surface area contributed by atoms with E-state index in [-0.39, 0.29) is 41.4 Å². The molecule has 0 fully saturated rings. The second-order valence-electron chi connectivity index (χ2n) is 7.13. The van der Waals surface area contributed by atoms with Crippen molar-refractivity contribution in [2.24, 2.45) is 5.73 Å². The normalized spacial score (nSPS) is 30.0. The number of carbonyl (C=O) groups excluding carboxylic acids is 1. The first-order valence-corrected chi connectivity index (χ1v) is 8.15. The summed E-state index contributed by atoms with van der Waals surface area (Å²) in [5, 5.41) is 22.7. The molecule has 1 heterocycles. The van der Waals surface area contributed by atoms with Crippen LogP contribution in [-0.4, -0.2) is 21.6 Å². The third kappa shape index (κ3) is 1.85. The number of ketones is 1. The number of nitrogens with zero attached hydrogens (tertiary/aromatic N) is 1. The highest BCUT2D eigenvalue weighted by Crippen LogP contribution is 2.59. The molecule has 2 unspecified atom stereocenters. The van der Waals surface area contributed by atoms with Gasteiger partial charge in [0.1, 0.15) is 16.9 Å². The fraction of sp³-hybridized carbons (Fsp3) is 0.389. The highest BCUT2D eigenvalue weighted by Gasteiger charge is 2.68. The van der Waals surface area contributed by atoms with E-state index in [9.17, 15) is 20.0 Å². The summed E-state index contributed by atoms with van der Waals surface area (Å²) in [6, 6.07) is 5.48. The Balaban J connectivity index is 1.90. The molecule has 0 radical (unpaired) electrons. The van der Waals surface area contributed by atoms with Crippen LogP contribution in [0, 0.1) is 10.1 Å². The first-order chi connectivity index (χ1) is 11.7. The van der Waals surface area contributed by atoms with E-state index in [1.54, 1.807) is 12.1 Å². The third-order valence-corrected chi connectivity index (χ3v) is 5.38. The fourth-order valence-electron chi connectivity index (χ4n) is 3.99. The molecular formula is C18H18N2O5. The second kappa shape index (κ2) is 4.77. The van der Waals surface area contributed by atoms with Crippen molar-refractivity contribution in [3.8, 4) is 5.75 Å². The molecule has 4 rings (SSSR count). The number of ether oxygens (including phenoxy) is 1. The van der Waals surface area contributed by atoms with E-state index in [0.717, 1.165) is 5.56 Å². The standard InChI is InChI=1S/C18H18N2O5/c1-9(2)10-3-4-12-15(7-10)25-18(22)16-11(8-17(12,18)19)14(21)6-5-13(16)20(23)24/h3-5,7,9,22H,6,8,19H2,1-2H3. The van der Waals surface area contributed by atoms with Crippen LogP contribution in [0.1, 0.15) is 43.7 Å². The van der Waals surface area contributed by atoms with Crippen molar-refractivity contribution in [2.45, 2.75) is 43.9 Å². The fourth-order valence-corrected chi connectivity index (χ4v) is 3.99. The van der Waals surface area contributed by atoms with Gasteiger partial charge in [-0.2, -0.15) is 0 Å². The number of hydrogen-bond acceptors (Lipinski definition) is 6. The quantitative estimate of drug-likeness (QED) is 0.626. The van der Waals surface area contributed by atoms with Gasteiger partial charge >= 0.3 is 0 Å².